The normalized spacial score (nSPS) is 20.0. The van der Waals surface area contributed by atoms with Gasteiger partial charge in [0.2, 0.25) is 0 Å². The van der Waals surface area contributed by atoms with Gasteiger partial charge in [0.05, 0.1) is 0 Å². The molecule has 0 saturated heterocycles. The van der Waals surface area contributed by atoms with Crippen molar-refractivity contribution in [2.45, 2.75) is 104 Å². The van der Waals surface area contributed by atoms with Crippen LogP contribution in [-0.4, -0.2) is 9.97 Å². The number of aromatic nitrogens is 2. The van der Waals surface area contributed by atoms with Crippen molar-refractivity contribution < 1.29 is 0 Å². The molecule has 170 valence electrons. The average molecular weight is 486 g/mol. The van der Waals surface area contributed by atoms with Gasteiger partial charge in [-0.05, 0) is 54.7 Å². The lowest BCUT2D eigenvalue weighted by molar-refractivity contribution is 0.232. The smallest absolute Gasteiger partial charge is 0.131 e. The van der Waals surface area contributed by atoms with Crippen molar-refractivity contribution in [2.24, 2.45) is 11.8 Å². The molecule has 0 bridgehead atoms. The largest absolute Gasteiger partial charge is 0.240 e. The molecule has 2 nitrogen and oxygen atoms in total. The van der Waals surface area contributed by atoms with Crippen LogP contribution in [0.4, 0.5) is 0 Å². The lowest BCUT2D eigenvalue weighted by atomic mass is 9.74. The van der Waals surface area contributed by atoms with Crippen molar-refractivity contribution >= 4 is 15.9 Å². The van der Waals surface area contributed by atoms with Crippen molar-refractivity contribution in [3.63, 3.8) is 0 Å². The molecule has 31 heavy (non-hydrogen) atoms. The van der Waals surface area contributed by atoms with Crippen LogP contribution in [0.3, 0.4) is 0 Å². The maximum atomic E-state index is 4.80. The first-order valence-corrected chi connectivity index (χ1v) is 13.5. The van der Waals surface area contributed by atoms with Crippen LogP contribution in [0, 0.1) is 11.8 Å². The molecule has 2 aromatic rings. The van der Waals surface area contributed by atoms with Crippen LogP contribution < -0.4 is 0 Å². The molecule has 0 amide bonds. The van der Waals surface area contributed by atoms with Crippen molar-refractivity contribution in [3.05, 3.63) is 46.5 Å². The number of benzene rings is 1. The number of rotatable bonds is 11. The highest BCUT2D eigenvalue weighted by Crippen LogP contribution is 2.39. The van der Waals surface area contributed by atoms with E-state index >= 15 is 0 Å². The van der Waals surface area contributed by atoms with Crippen molar-refractivity contribution in [1.82, 2.24) is 9.97 Å². The molecule has 0 N–H and O–H groups in total. The van der Waals surface area contributed by atoms with E-state index in [2.05, 4.69) is 54.9 Å². The molecule has 1 saturated carbocycles. The summed E-state index contributed by atoms with van der Waals surface area (Å²) < 4.78 is 1.15. The van der Waals surface area contributed by atoms with Crippen molar-refractivity contribution in [1.29, 1.82) is 0 Å². The Bertz CT molecular complexity index is 778. The zero-order valence-corrected chi connectivity index (χ0v) is 21.5. The number of hydrogen-bond acceptors (Lipinski definition) is 2. The number of halogens is 1. The molecule has 1 atom stereocenters. The monoisotopic (exact) mass is 484 g/mol. The number of hydrogen-bond donors (Lipinski definition) is 0. The lowest BCUT2D eigenvalue weighted by Gasteiger charge is -2.31. The van der Waals surface area contributed by atoms with Gasteiger partial charge in [0.15, 0.2) is 0 Å². The molecule has 1 aromatic carbocycles. The number of aryl methyl sites for hydroxylation is 1. The van der Waals surface area contributed by atoms with E-state index in [-0.39, 0.29) is 0 Å². The van der Waals surface area contributed by atoms with E-state index < -0.39 is 0 Å². The minimum absolute atomic E-state index is 0.454. The Hall–Kier alpha value is -1.22. The third-order valence-electron chi connectivity index (χ3n) is 7.31. The highest BCUT2D eigenvalue weighted by Gasteiger charge is 2.27. The standard InChI is InChI=1S/C28H41BrN2/c1-4-6-8-10-22-12-15-24(16-13-22)21(3)28-30-19-25(20-31-28)26-17-14-23(18-27(26)29)11-9-7-5-2/h14,17-22,24H,4-13,15-16H2,1-3H3. The molecule has 1 fully saturated rings. The fourth-order valence-corrected chi connectivity index (χ4v) is 5.77. The molecule has 1 heterocycles. The summed E-state index contributed by atoms with van der Waals surface area (Å²) in [5, 5.41) is 0. The third kappa shape index (κ3) is 7.14. The van der Waals surface area contributed by atoms with Gasteiger partial charge in [-0.25, -0.2) is 9.97 Å². The van der Waals surface area contributed by atoms with E-state index in [9.17, 15) is 0 Å². The van der Waals surface area contributed by atoms with Crippen molar-refractivity contribution in [3.8, 4) is 11.1 Å². The Labute approximate surface area is 198 Å². The average Bonchev–Trinajstić information content (AvgIpc) is 2.80. The summed E-state index contributed by atoms with van der Waals surface area (Å²) in [6.07, 6.45) is 20.1. The first kappa shape index (κ1) is 24.4. The molecule has 1 aliphatic rings. The predicted molar refractivity (Wildman–Crippen MR) is 136 cm³/mol. The Balaban J connectivity index is 1.56. The zero-order chi connectivity index (χ0) is 22.1. The Morgan fingerprint density at radius 1 is 0.935 bits per heavy atom. The lowest BCUT2D eigenvalue weighted by Crippen LogP contribution is -2.20. The van der Waals surface area contributed by atoms with E-state index in [0.717, 1.165) is 34.1 Å². The summed E-state index contributed by atoms with van der Waals surface area (Å²) >= 11 is 3.78. The molecular formula is C28H41BrN2. The minimum Gasteiger partial charge on any atom is -0.240 e. The van der Waals surface area contributed by atoms with Gasteiger partial charge in [0.1, 0.15) is 5.82 Å². The Kier molecular flexibility index (Phi) is 10.0. The fraction of sp³-hybridized carbons (Fsp3) is 0.643. The van der Waals surface area contributed by atoms with Gasteiger partial charge in [-0.1, -0.05) is 100 Å². The van der Waals surface area contributed by atoms with E-state index in [1.54, 1.807) is 0 Å². The van der Waals surface area contributed by atoms with Crippen LogP contribution in [0.2, 0.25) is 0 Å². The molecule has 0 aliphatic heterocycles. The van der Waals surface area contributed by atoms with Gasteiger partial charge in [-0.15, -0.1) is 0 Å². The van der Waals surface area contributed by atoms with E-state index in [4.69, 9.17) is 9.97 Å². The predicted octanol–water partition coefficient (Wildman–Crippen LogP) is 9.13. The molecule has 0 spiro atoms. The highest BCUT2D eigenvalue weighted by atomic mass is 79.9. The van der Waals surface area contributed by atoms with Gasteiger partial charge in [0, 0.05) is 28.3 Å². The second-order valence-electron chi connectivity index (χ2n) is 9.67. The number of unbranched alkanes of at least 4 members (excludes halogenated alkanes) is 4. The molecule has 3 heteroatoms. The summed E-state index contributed by atoms with van der Waals surface area (Å²) in [6.45, 7) is 6.88. The van der Waals surface area contributed by atoms with E-state index in [0.29, 0.717) is 5.92 Å². The van der Waals surface area contributed by atoms with Gasteiger partial charge >= 0.3 is 0 Å². The first-order valence-electron chi connectivity index (χ1n) is 12.7. The fourth-order valence-electron chi connectivity index (χ4n) is 5.11. The van der Waals surface area contributed by atoms with Crippen LogP contribution in [0.1, 0.15) is 109 Å². The molecule has 1 aliphatic carbocycles. The van der Waals surface area contributed by atoms with Gasteiger partial charge in [-0.3, -0.25) is 0 Å². The maximum absolute atomic E-state index is 4.80. The summed E-state index contributed by atoms with van der Waals surface area (Å²) in [6, 6.07) is 6.73. The van der Waals surface area contributed by atoms with Gasteiger partial charge < -0.3 is 0 Å². The maximum Gasteiger partial charge on any atom is 0.131 e. The Morgan fingerprint density at radius 3 is 2.26 bits per heavy atom. The summed E-state index contributed by atoms with van der Waals surface area (Å²) in [7, 11) is 0. The van der Waals surface area contributed by atoms with Crippen LogP contribution in [0.25, 0.3) is 11.1 Å². The molecular weight excluding hydrogens is 444 g/mol. The van der Waals surface area contributed by atoms with Crippen molar-refractivity contribution in [2.75, 3.05) is 0 Å². The minimum atomic E-state index is 0.454. The third-order valence-corrected chi connectivity index (χ3v) is 7.96. The molecule has 1 unspecified atom stereocenters. The summed E-state index contributed by atoms with van der Waals surface area (Å²) in [5.74, 6) is 3.17. The summed E-state index contributed by atoms with van der Waals surface area (Å²) in [5.41, 5.74) is 3.69. The Morgan fingerprint density at radius 2 is 1.61 bits per heavy atom. The second kappa shape index (κ2) is 12.7. The van der Waals surface area contributed by atoms with E-state index in [1.807, 2.05) is 12.4 Å². The zero-order valence-electron chi connectivity index (χ0n) is 19.9. The molecule has 0 radical (unpaired) electrons. The topological polar surface area (TPSA) is 25.8 Å². The quantitative estimate of drug-likeness (QED) is 0.297. The first-order chi connectivity index (χ1) is 15.1. The van der Waals surface area contributed by atoms with Gasteiger partial charge in [-0.2, -0.15) is 0 Å². The SMILES string of the molecule is CCCCCc1ccc(-c2cnc(C(C)C3CCC(CCCCC)CC3)nc2)c(Br)c1. The van der Waals surface area contributed by atoms with Crippen LogP contribution in [0.5, 0.6) is 0 Å². The number of nitrogens with zero attached hydrogens (tertiary/aromatic N) is 2. The molecule has 3 rings (SSSR count). The molecule has 1 aromatic heterocycles. The van der Waals surface area contributed by atoms with Crippen LogP contribution in [0.15, 0.2) is 35.1 Å². The second-order valence-corrected chi connectivity index (χ2v) is 10.5. The summed E-state index contributed by atoms with van der Waals surface area (Å²) in [4.78, 5) is 9.60. The van der Waals surface area contributed by atoms with Crippen LogP contribution in [-0.2, 0) is 6.42 Å². The van der Waals surface area contributed by atoms with Gasteiger partial charge in [0.25, 0.3) is 0 Å². The highest BCUT2D eigenvalue weighted by molar-refractivity contribution is 9.10. The van der Waals surface area contributed by atoms with E-state index in [1.165, 1.54) is 81.8 Å². The van der Waals surface area contributed by atoms with Crippen LogP contribution >= 0.6 is 15.9 Å².